The summed E-state index contributed by atoms with van der Waals surface area (Å²) < 4.78 is 0. The summed E-state index contributed by atoms with van der Waals surface area (Å²) in [4.78, 5) is 0. The van der Waals surface area contributed by atoms with E-state index in [0.29, 0.717) is 6.54 Å². The molecule has 0 saturated heterocycles. The summed E-state index contributed by atoms with van der Waals surface area (Å²) in [6.45, 7) is 9.69. The molecular formula is C14H28N2. The first-order valence-corrected chi connectivity index (χ1v) is 6.09. The minimum atomic E-state index is 0.681. The average Bonchev–Trinajstić information content (AvgIpc) is 2.45. The van der Waals surface area contributed by atoms with E-state index in [9.17, 15) is 0 Å². The van der Waals surface area contributed by atoms with Crippen LogP contribution >= 0.6 is 0 Å². The highest BCUT2D eigenvalue weighted by Gasteiger charge is 1.96. The van der Waals surface area contributed by atoms with Gasteiger partial charge in [0.25, 0.3) is 0 Å². The molecule has 4 N–H and O–H groups in total. The van der Waals surface area contributed by atoms with Crippen molar-refractivity contribution in [2.75, 3.05) is 13.1 Å². The third kappa shape index (κ3) is 11.2. The molecule has 2 heteroatoms. The Hall–Kier alpha value is -0.860. The van der Waals surface area contributed by atoms with Crippen molar-refractivity contribution in [1.29, 1.82) is 0 Å². The van der Waals surface area contributed by atoms with Crippen molar-refractivity contribution in [3.63, 3.8) is 0 Å². The zero-order valence-corrected chi connectivity index (χ0v) is 11.3. The largest absolute Gasteiger partial charge is 0.331 e. The molecule has 1 aliphatic carbocycles. The minimum Gasteiger partial charge on any atom is -0.331 e. The highest BCUT2D eigenvalue weighted by Crippen LogP contribution is 2.12. The molecule has 0 amide bonds. The molecule has 2 nitrogen and oxygen atoms in total. The molecule has 1 aliphatic rings. The van der Waals surface area contributed by atoms with Gasteiger partial charge in [0.05, 0.1) is 0 Å². The van der Waals surface area contributed by atoms with Crippen molar-refractivity contribution in [3.05, 3.63) is 35.5 Å². The molecule has 94 valence electrons. The second kappa shape index (κ2) is 14.1. The van der Waals surface area contributed by atoms with E-state index in [1.54, 1.807) is 0 Å². The van der Waals surface area contributed by atoms with Gasteiger partial charge in [0.15, 0.2) is 0 Å². The molecule has 0 heterocycles. The first kappa shape index (κ1) is 17.5. The molecule has 0 bridgehead atoms. The van der Waals surface area contributed by atoms with E-state index in [1.807, 2.05) is 6.92 Å². The lowest BCUT2D eigenvalue weighted by Crippen LogP contribution is -2.03. The van der Waals surface area contributed by atoms with Crippen LogP contribution in [0.2, 0.25) is 0 Å². The van der Waals surface area contributed by atoms with Gasteiger partial charge >= 0.3 is 0 Å². The van der Waals surface area contributed by atoms with Gasteiger partial charge in [-0.25, -0.2) is 0 Å². The topological polar surface area (TPSA) is 52.0 Å². The summed E-state index contributed by atoms with van der Waals surface area (Å²) in [7, 11) is 0. The van der Waals surface area contributed by atoms with E-state index in [4.69, 9.17) is 11.5 Å². The highest BCUT2D eigenvalue weighted by molar-refractivity contribution is 5.31. The molecule has 1 rings (SSSR count). The van der Waals surface area contributed by atoms with Gasteiger partial charge in [-0.2, -0.15) is 0 Å². The SMILES string of the molecule is CC1=C(CN)CC=CC=C1.CCC.CCN. The van der Waals surface area contributed by atoms with Gasteiger partial charge in [-0.1, -0.05) is 57.1 Å². The first-order chi connectivity index (χ1) is 7.67. The Labute approximate surface area is 101 Å². The van der Waals surface area contributed by atoms with Crippen molar-refractivity contribution in [3.8, 4) is 0 Å². The molecule has 0 radical (unpaired) electrons. The molecular weight excluding hydrogens is 196 g/mol. The Kier molecular flexibility index (Phi) is 15.5. The summed E-state index contributed by atoms with van der Waals surface area (Å²) in [5, 5.41) is 0. The normalized spacial score (nSPS) is 13.4. The molecule has 0 aromatic rings. The zero-order chi connectivity index (χ0) is 12.8. The summed E-state index contributed by atoms with van der Waals surface area (Å²) in [5.41, 5.74) is 13.0. The third-order valence-corrected chi connectivity index (χ3v) is 1.76. The summed E-state index contributed by atoms with van der Waals surface area (Å²) in [6.07, 6.45) is 10.6. The lowest BCUT2D eigenvalue weighted by molar-refractivity contribution is 1.04. The number of hydrogen-bond donors (Lipinski definition) is 2. The van der Waals surface area contributed by atoms with Crippen LogP contribution in [0.4, 0.5) is 0 Å². The lowest BCUT2D eigenvalue weighted by Gasteiger charge is -2.01. The number of hydrogen-bond acceptors (Lipinski definition) is 2. The van der Waals surface area contributed by atoms with Crippen LogP contribution in [0.5, 0.6) is 0 Å². The van der Waals surface area contributed by atoms with Crippen LogP contribution in [0.1, 0.15) is 40.5 Å². The fourth-order valence-corrected chi connectivity index (χ4v) is 1.01. The van der Waals surface area contributed by atoms with Crippen molar-refractivity contribution in [2.45, 2.75) is 40.5 Å². The maximum atomic E-state index is 5.54. The van der Waals surface area contributed by atoms with Crippen LogP contribution in [0.25, 0.3) is 0 Å². The first-order valence-electron chi connectivity index (χ1n) is 6.09. The van der Waals surface area contributed by atoms with Gasteiger partial charge < -0.3 is 11.5 Å². The molecule has 0 saturated carbocycles. The Morgan fingerprint density at radius 2 is 1.62 bits per heavy atom. The molecule has 0 aromatic carbocycles. The molecule has 0 spiro atoms. The maximum Gasteiger partial charge on any atom is 0.0145 e. The van der Waals surface area contributed by atoms with Crippen molar-refractivity contribution in [2.24, 2.45) is 11.5 Å². The van der Waals surface area contributed by atoms with Gasteiger partial charge in [0.1, 0.15) is 0 Å². The van der Waals surface area contributed by atoms with Crippen LogP contribution in [-0.2, 0) is 0 Å². The van der Waals surface area contributed by atoms with Gasteiger partial charge in [0, 0.05) is 6.54 Å². The highest BCUT2D eigenvalue weighted by atomic mass is 14.5. The van der Waals surface area contributed by atoms with Gasteiger partial charge in [0.2, 0.25) is 0 Å². The van der Waals surface area contributed by atoms with E-state index in [1.165, 1.54) is 17.6 Å². The molecule has 0 fully saturated rings. The number of nitrogens with two attached hydrogens (primary N) is 2. The predicted octanol–water partition coefficient (Wildman–Crippen LogP) is 3.16. The second-order valence-corrected chi connectivity index (χ2v) is 3.60. The van der Waals surface area contributed by atoms with Gasteiger partial charge in [-0.05, 0) is 25.5 Å². The van der Waals surface area contributed by atoms with E-state index < -0.39 is 0 Å². The fourth-order valence-electron chi connectivity index (χ4n) is 1.01. The Balaban J connectivity index is 0. The summed E-state index contributed by atoms with van der Waals surface area (Å²) in [5.74, 6) is 0. The van der Waals surface area contributed by atoms with E-state index in [0.717, 1.165) is 13.0 Å². The van der Waals surface area contributed by atoms with Crippen LogP contribution in [-0.4, -0.2) is 13.1 Å². The van der Waals surface area contributed by atoms with Crippen molar-refractivity contribution in [1.82, 2.24) is 0 Å². The molecule has 0 unspecified atom stereocenters. The second-order valence-electron chi connectivity index (χ2n) is 3.60. The Morgan fingerprint density at radius 1 is 1.12 bits per heavy atom. The van der Waals surface area contributed by atoms with Crippen LogP contribution in [0.15, 0.2) is 35.5 Å². The van der Waals surface area contributed by atoms with E-state index in [-0.39, 0.29) is 0 Å². The summed E-state index contributed by atoms with van der Waals surface area (Å²) >= 11 is 0. The van der Waals surface area contributed by atoms with Crippen molar-refractivity contribution < 1.29 is 0 Å². The number of allylic oxidation sites excluding steroid dienone is 5. The van der Waals surface area contributed by atoms with E-state index >= 15 is 0 Å². The van der Waals surface area contributed by atoms with Crippen molar-refractivity contribution >= 4 is 0 Å². The molecule has 0 atom stereocenters. The number of rotatable bonds is 1. The van der Waals surface area contributed by atoms with Gasteiger partial charge in [-0.15, -0.1) is 0 Å². The predicted molar refractivity (Wildman–Crippen MR) is 75.3 cm³/mol. The monoisotopic (exact) mass is 224 g/mol. The fraction of sp³-hybridized carbons (Fsp3) is 0.571. The van der Waals surface area contributed by atoms with Crippen LogP contribution in [0.3, 0.4) is 0 Å². The summed E-state index contributed by atoms with van der Waals surface area (Å²) in [6, 6.07) is 0. The molecule has 0 aromatic heterocycles. The average molecular weight is 224 g/mol. The quantitative estimate of drug-likeness (QED) is 0.719. The Morgan fingerprint density at radius 3 is 2.06 bits per heavy atom. The lowest BCUT2D eigenvalue weighted by atomic mass is 10.1. The molecule has 16 heavy (non-hydrogen) atoms. The van der Waals surface area contributed by atoms with Crippen LogP contribution in [0, 0.1) is 0 Å². The van der Waals surface area contributed by atoms with Gasteiger partial charge in [-0.3, -0.25) is 0 Å². The smallest absolute Gasteiger partial charge is 0.0145 e. The minimum absolute atomic E-state index is 0.681. The maximum absolute atomic E-state index is 5.54. The molecule has 0 aliphatic heterocycles. The van der Waals surface area contributed by atoms with E-state index in [2.05, 4.69) is 45.1 Å². The Bertz CT molecular complexity index is 223. The zero-order valence-electron chi connectivity index (χ0n) is 11.3. The third-order valence-electron chi connectivity index (χ3n) is 1.76. The van der Waals surface area contributed by atoms with Crippen LogP contribution < -0.4 is 11.5 Å². The standard InChI is InChI=1S/C9H13N.C3H8.C2H7N/c1-8-5-3-2-4-6-9(8)7-10;1-3-2;1-2-3/h2-5H,6-7,10H2,1H3;3H2,1-2H3;2-3H2,1H3.